The van der Waals surface area contributed by atoms with Crippen molar-refractivity contribution in [3.05, 3.63) is 41.7 Å². The van der Waals surface area contributed by atoms with Crippen LogP contribution in [0.2, 0.25) is 0 Å². The van der Waals surface area contributed by atoms with Crippen LogP contribution >= 0.6 is 0 Å². The molecule has 16 heavy (non-hydrogen) atoms. The van der Waals surface area contributed by atoms with Crippen molar-refractivity contribution in [3.63, 3.8) is 0 Å². The molecule has 2 aromatic rings. The first-order valence-electron chi connectivity index (χ1n) is 5.44. The lowest BCUT2D eigenvalue weighted by atomic mass is 10.0. The molecule has 3 heteroatoms. The van der Waals surface area contributed by atoms with E-state index in [-0.39, 0.29) is 0 Å². The molecule has 0 fully saturated rings. The van der Waals surface area contributed by atoms with E-state index in [1.54, 1.807) is 0 Å². The van der Waals surface area contributed by atoms with Crippen molar-refractivity contribution in [1.82, 2.24) is 14.9 Å². The van der Waals surface area contributed by atoms with Crippen LogP contribution in [0.1, 0.15) is 11.1 Å². The lowest BCUT2D eigenvalue weighted by molar-refractivity contribution is 0.815. The van der Waals surface area contributed by atoms with Gasteiger partial charge in [0, 0.05) is 31.5 Å². The smallest absolute Gasteiger partial charge is 0.139 e. The summed E-state index contributed by atoms with van der Waals surface area (Å²) in [5.41, 5.74) is 3.75. The van der Waals surface area contributed by atoms with Crippen molar-refractivity contribution in [2.45, 2.75) is 13.5 Å². The molecule has 0 unspecified atom stereocenters. The zero-order valence-corrected chi connectivity index (χ0v) is 9.99. The molecule has 0 saturated carbocycles. The molecule has 0 saturated heterocycles. The summed E-state index contributed by atoms with van der Waals surface area (Å²) in [6.45, 7) is 2.97. The Morgan fingerprint density at radius 1 is 1.38 bits per heavy atom. The monoisotopic (exact) mass is 215 g/mol. The second-order valence-corrected chi connectivity index (χ2v) is 4.05. The van der Waals surface area contributed by atoms with Gasteiger partial charge in [-0.15, -0.1) is 0 Å². The second kappa shape index (κ2) is 4.49. The van der Waals surface area contributed by atoms with Crippen LogP contribution in [-0.4, -0.2) is 16.6 Å². The van der Waals surface area contributed by atoms with Gasteiger partial charge in [-0.05, 0) is 25.6 Å². The molecule has 0 aliphatic rings. The fourth-order valence-corrected chi connectivity index (χ4v) is 1.87. The van der Waals surface area contributed by atoms with E-state index in [0.29, 0.717) is 0 Å². The van der Waals surface area contributed by atoms with Crippen molar-refractivity contribution in [1.29, 1.82) is 0 Å². The number of imidazole rings is 1. The van der Waals surface area contributed by atoms with E-state index in [2.05, 4.69) is 35.4 Å². The van der Waals surface area contributed by atoms with E-state index in [0.717, 1.165) is 12.4 Å². The van der Waals surface area contributed by atoms with Crippen molar-refractivity contribution < 1.29 is 0 Å². The lowest BCUT2D eigenvalue weighted by Gasteiger charge is -2.10. The minimum Gasteiger partial charge on any atom is -0.334 e. The number of hydrogen-bond acceptors (Lipinski definition) is 2. The Morgan fingerprint density at radius 2 is 2.19 bits per heavy atom. The summed E-state index contributed by atoms with van der Waals surface area (Å²) < 4.78 is 2.05. The molecule has 2 rings (SSSR count). The first-order chi connectivity index (χ1) is 7.72. The van der Waals surface area contributed by atoms with E-state index in [4.69, 9.17) is 0 Å². The lowest BCUT2D eigenvalue weighted by Crippen LogP contribution is -2.07. The molecule has 0 atom stereocenters. The maximum absolute atomic E-state index is 4.41. The molecule has 0 aliphatic carbocycles. The zero-order chi connectivity index (χ0) is 11.5. The van der Waals surface area contributed by atoms with Crippen molar-refractivity contribution in [3.8, 4) is 11.4 Å². The highest BCUT2D eigenvalue weighted by atomic mass is 15.0. The summed E-state index contributed by atoms with van der Waals surface area (Å²) in [5.74, 6) is 1.02. The second-order valence-electron chi connectivity index (χ2n) is 4.05. The molecule has 0 bridgehead atoms. The number of nitrogens with one attached hydrogen (secondary N) is 1. The largest absolute Gasteiger partial charge is 0.334 e. The third-order valence-corrected chi connectivity index (χ3v) is 2.69. The van der Waals surface area contributed by atoms with Gasteiger partial charge in [0.05, 0.1) is 0 Å². The molecule has 84 valence electrons. The topological polar surface area (TPSA) is 29.9 Å². The molecule has 1 aromatic carbocycles. The van der Waals surface area contributed by atoms with Gasteiger partial charge in [-0.2, -0.15) is 0 Å². The third kappa shape index (κ3) is 1.99. The minimum absolute atomic E-state index is 0.864. The van der Waals surface area contributed by atoms with Gasteiger partial charge in [-0.25, -0.2) is 4.98 Å². The van der Waals surface area contributed by atoms with Gasteiger partial charge in [0.15, 0.2) is 0 Å². The summed E-state index contributed by atoms with van der Waals surface area (Å²) in [7, 11) is 3.98. The van der Waals surface area contributed by atoms with Gasteiger partial charge in [0.1, 0.15) is 5.82 Å². The molecular weight excluding hydrogens is 198 g/mol. The maximum atomic E-state index is 4.41. The average Bonchev–Trinajstić information content (AvgIpc) is 2.67. The predicted molar refractivity (Wildman–Crippen MR) is 66.1 cm³/mol. The molecular formula is C13H17N3. The highest BCUT2D eigenvalue weighted by Gasteiger charge is 2.08. The van der Waals surface area contributed by atoms with Crippen LogP contribution in [0, 0.1) is 6.92 Å². The third-order valence-electron chi connectivity index (χ3n) is 2.69. The quantitative estimate of drug-likeness (QED) is 0.850. The van der Waals surface area contributed by atoms with E-state index in [9.17, 15) is 0 Å². The Bertz CT molecular complexity index is 486. The molecule has 0 aliphatic heterocycles. The van der Waals surface area contributed by atoms with Gasteiger partial charge in [0.2, 0.25) is 0 Å². The number of nitrogens with zero attached hydrogens (tertiary/aromatic N) is 2. The van der Waals surface area contributed by atoms with Crippen LogP contribution in [0.5, 0.6) is 0 Å². The van der Waals surface area contributed by atoms with Crippen molar-refractivity contribution in [2.24, 2.45) is 7.05 Å². The highest BCUT2D eigenvalue weighted by molar-refractivity contribution is 5.61. The number of aromatic nitrogens is 2. The van der Waals surface area contributed by atoms with Crippen molar-refractivity contribution in [2.75, 3.05) is 7.05 Å². The summed E-state index contributed by atoms with van der Waals surface area (Å²) in [4.78, 5) is 4.41. The van der Waals surface area contributed by atoms with Gasteiger partial charge in [0.25, 0.3) is 0 Å². The molecule has 1 heterocycles. The van der Waals surface area contributed by atoms with E-state index < -0.39 is 0 Å². The van der Waals surface area contributed by atoms with E-state index in [1.165, 1.54) is 16.7 Å². The first kappa shape index (κ1) is 10.9. The minimum atomic E-state index is 0.864. The Balaban J connectivity index is 2.53. The molecule has 0 spiro atoms. The predicted octanol–water partition coefficient (Wildman–Crippen LogP) is 2.11. The van der Waals surface area contributed by atoms with Crippen LogP contribution in [0.4, 0.5) is 0 Å². The maximum Gasteiger partial charge on any atom is 0.139 e. The summed E-state index contributed by atoms with van der Waals surface area (Å²) >= 11 is 0. The van der Waals surface area contributed by atoms with Gasteiger partial charge in [-0.3, -0.25) is 0 Å². The summed E-state index contributed by atoms with van der Waals surface area (Å²) in [6, 6.07) is 6.49. The van der Waals surface area contributed by atoms with Gasteiger partial charge in [-0.1, -0.05) is 17.7 Å². The SMILES string of the molecule is CNCc1ccc(C)cc1-c1nccn1C. The van der Waals surface area contributed by atoms with Crippen LogP contribution < -0.4 is 5.32 Å². The average molecular weight is 215 g/mol. The van der Waals surface area contributed by atoms with Crippen molar-refractivity contribution >= 4 is 0 Å². The van der Waals surface area contributed by atoms with Crippen LogP contribution in [0.15, 0.2) is 30.6 Å². The molecule has 1 aromatic heterocycles. The Kier molecular flexibility index (Phi) is 3.06. The molecule has 3 nitrogen and oxygen atoms in total. The van der Waals surface area contributed by atoms with E-state index >= 15 is 0 Å². The standard InChI is InChI=1S/C13H17N3/c1-10-4-5-11(9-14-2)12(8-10)13-15-6-7-16(13)3/h4-8,14H,9H2,1-3H3. The summed E-state index contributed by atoms with van der Waals surface area (Å²) in [6.07, 6.45) is 3.81. The number of hydrogen-bond donors (Lipinski definition) is 1. The Labute approximate surface area is 96.1 Å². The Hall–Kier alpha value is -1.61. The van der Waals surface area contributed by atoms with Gasteiger partial charge < -0.3 is 9.88 Å². The molecule has 0 radical (unpaired) electrons. The zero-order valence-electron chi connectivity index (χ0n) is 9.99. The number of rotatable bonds is 3. The van der Waals surface area contributed by atoms with E-state index in [1.807, 2.05) is 31.1 Å². The summed E-state index contributed by atoms with van der Waals surface area (Å²) in [5, 5.41) is 3.19. The molecule has 1 N–H and O–H groups in total. The number of aryl methyl sites for hydroxylation is 2. The normalized spacial score (nSPS) is 10.7. The fraction of sp³-hybridized carbons (Fsp3) is 0.308. The van der Waals surface area contributed by atoms with Crippen LogP contribution in [0.25, 0.3) is 11.4 Å². The van der Waals surface area contributed by atoms with Crippen LogP contribution in [-0.2, 0) is 13.6 Å². The fourth-order valence-electron chi connectivity index (χ4n) is 1.87. The highest BCUT2D eigenvalue weighted by Crippen LogP contribution is 2.23. The molecule has 0 amide bonds. The first-order valence-corrected chi connectivity index (χ1v) is 5.44. The van der Waals surface area contributed by atoms with Gasteiger partial charge >= 0.3 is 0 Å². The Morgan fingerprint density at radius 3 is 2.81 bits per heavy atom. The number of benzene rings is 1. The van der Waals surface area contributed by atoms with Crippen LogP contribution in [0.3, 0.4) is 0 Å².